The topological polar surface area (TPSA) is 46.3 Å². The van der Waals surface area contributed by atoms with E-state index in [1.165, 1.54) is 0 Å². The number of carbonyl (C=O) groups excluding carboxylic acids is 1. The second-order valence-electron chi connectivity index (χ2n) is 6.30. The Hall–Kier alpha value is -1.56. The number of unbranched alkanes of at least 4 members (excludes halogenated alkanes) is 1. The van der Waals surface area contributed by atoms with Gasteiger partial charge in [0.2, 0.25) is 0 Å². The zero-order valence-corrected chi connectivity index (χ0v) is 13.5. The van der Waals surface area contributed by atoms with Gasteiger partial charge in [0.15, 0.2) is 0 Å². The number of fused-ring (bicyclic) bond motifs is 1. The molecule has 1 aliphatic heterocycles. The van der Waals surface area contributed by atoms with Crippen LogP contribution in [0.3, 0.4) is 0 Å². The van der Waals surface area contributed by atoms with Crippen molar-refractivity contribution in [2.24, 2.45) is 5.73 Å². The highest BCUT2D eigenvalue weighted by atomic mass is 19.4. The molecular weight excluding hydrogens is 305 g/mol. The number of nitrogens with zero attached hydrogens (tertiary/aromatic N) is 1. The van der Waals surface area contributed by atoms with Crippen molar-refractivity contribution in [1.29, 1.82) is 0 Å². The fourth-order valence-electron chi connectivity index (χ4n) is 3.13. The molecule has 0 aromatic heterocycles. The van der Waals surface area contributed by atoms with Gasteiger partial charge < -0.3 is 10.6 Å². The Morgan fingerprint density at radius 2 is 2.13 bits per heavy atom. The highest BCUT2D eigenvalue weighted by Gasteiger charge is 2.46. The molecule has 1 aromatic rings. The van der Waals surface area contributed by atoms with Crippen LogP contribution in [-0.2, 0) is 17.6 Å². The van der Waals surface area contributed by atoms with Gasteiger partial charge in [0, 0.05) is 17.8 Å². The van der Waals surface area contributed by atoms with Crippen LogP contribution in [0.5, 0.6) is 0 Å². The summed E-state index contributed by atoms with van der Waals surface area (Å²) in [6.45, 7) is 3.74. The third-order valence-corrected chi connectivity index (χ3v) is 4.25. The summed E-state index contributed by atoms with van der Waals surface area (Å²) in [5, 5.41) is 0. The van der Waals surface area contributed by atoms with Crippen LogP contribution < -0.4 is 10.6 Å². The van der Waals surface area contributed by atoms with Crippen LogP contribution in [0.1, 0.15) is 44.2 Å². The Morgan fingerprint density at radius 3 is 2.74 bits per heavy atom. The van der Waals surface area contributed by atoms with E-state index in [9.17, 15) is 18.0 Å². The number of hydrogen-bond donors (Lipinski definition) is 1. The zero-order chi connectivity index (χ0) is 17.2. The second kappa shape index (κ2) is 6.91. The molecule has 1 aliphatic rings. The summed E-state index contributed by atoms with van der Waals surface area (Å²) >= 11 is 0. The lowest BCUT2D eigenvalue weighted by Crippen LogP contribution is -2.44. The number of hydrogen-bond acceptors (Lipinski definition) is 2. The molecule has 23 heavy (non-hydrogen) atoms. The van der Waals surface area contributed by atoms with Crippen molar-refractivity contribution < 1.29 is 18.0 Å². The molecule has 0 saturated carbocycles. The Kier molecular flexibility index (Phi) is 5.34. The number of benzene rings is 1. The average Bonchev–Trinajstić information content (AvgIpc) is 2.78. The molecule has 0 spiro atoms. The van der Waals surface area contributed by atoms with Crippen LogP contribution in [0.25, 0.3) is 0 Å². The summed E-state index contributed by atoms with van der Waals surface area (Å²) in [6.07, 6.45) is -0.620. The van der Waals surface area contributed by atoms with Gasteiger partial charge in [-0.15, -0.1) is 0 Å². The number of rotatable bonds is 5. The minimum atomic E-state index is -4.85. The lowest BCUT2D eigenvalue weighted by Gasteiger charge is -2.23. The maximum absolute atomic E-state index is 12.7. The van der Waals surface area contributed by atoms with E-state index in [4.69, 9.17) is 5.73 Å². The van der Waals surface area contributed by atoms with Crippen LogP contribution in [0.4, 0.5) is 18.9 Å². The maximum atomic E-state index is 12.7. The first-order chi connectivity index (χ1) is 10.7. The van der Waals surface area contributed by atoms with Gasteiger partial charge in [-0.3, -0.25) is 4.79 Å². The fraction of sp³-hybridized carbons (Fsp3) is 0.588. The summed E-state index contributed by atoms with van der Waals surface area (Å²) in [7, 11) is 0. The third kappa shape index (κ3) is 4.05. The van der Waals surface area contributed by atoms with Crippen molar-refractivity contribution in [1.82, 2.24) is 0 Å². The Labute approximate surface area is 134 Å². The predicted octanol–water partition coefficient (Wildman–Crippen LogP) is 3.59. The number of anilines is 1. The summed E-state index contributed by atoms with van der Waals surface area (Å²) < 4.78 is 38.2. The maximum Gasteiger partial charge on any atom is 0.471 e. The molecule has 2 N–H and O–H groups in total. The number of alkyl halides is 3. The van der Waals surface area contributed by atoms with Gasteiger partial charge in [0.25, 0.3) is 0 Å². The Morgan fingerprint density at radius 1 is 1.43 bits per heavy atom. The molecule has 1 aromatic carbocycles. The van der Waals surface area contributed by atoms with Crippen molar-refractivity contribution in [2.75, 3.05) is 4.90 Å². The zero-order valence-electron chi connectivity index (χ0n) is 13.5. The molecule has 3 nitrogen and oxygen atoms in total. The molecule has 0 bridgehead atoms. The molecule has 0 fully saturated rings. The van der Waals surface area contributed by atoms with Gasteiger partial charge in [-0.1, -0.05) is 31.9 Å². The molecule has 2 unspecified atom stereocenters. The van der Waals surface area contributed by atoms with E-state index in [-0.39, 0.29) is 6.04 Å². The molecule has 6 heteroatoms. The van der Waals surface area contributed by atoms with Crippen molar-refractivity contribution in [2.45, 2.75) is 64.2 Å². The van der Waals surface area contributed by atoms with E-state index >= 15 is 0 Å². The van der Waals surface area contributed by atoms with Crippen LogP contribution in [0.2, 0.25) is 0 Å². The number of nitrogens with two attached hydrogens (primary N) is 1. The Bertz CT molecular complexity index is 571. The number of amides is 1. The summed E-state index contributed by atoms with van der Waals surface area (Å²) in [6, 6.07) is 4.85. The van der Waals surface area contributed by atoms with Crippen molar-refractivity contribution in [3.05, 3.63) is 29.3 Å². The van der Waals surface area contributed by atoms with Crippen molar-refractivity contribution >= 4 is 11.6 Å². The van der Waals surface area contributed by atoms with Crippen molar-refractivity contribution in [3.63, 3.8) is 0 Å². The Balaban J connectivity index is 2.16. The van der Waals surface area contributed by atoms with Gasteiger partial charge in [-0.05, 0) is 43.4 Å². The molecule has 1 heterocycles. The van der Waals surface area contributed by atoms with Gasteiger partial charge in [0.05, 0.1) is 0 Å². The first-order valence-electron chi connectivity index (χ1n) is 8.01. The lowest BCUT2D eigenvalue weighted by molar-refractivity contribution is -0.170. The van der Waals surface area contributed by atoms with Gasteiger partial charge in [-0.2, -0.15) is 13.2 Å². The normalized spacial score (nSPS) is 18.9. The quantitative estimate of drug-likeness (QED) is 0.898. The summed E-state index contributed by atoms with van der Waals surface area (Å²) in [4.78, 5) is 12.5. The highest BCUT2D eigenvalue weighted by molar-refractivity contribution is 5.99. The molecule has 2 atom stereocenters. The molecule has 0 radical (unpaired) electrons. The molecule has 1 amide bonds. The highest BCUT2D eigenvalue weighted by Crippen LogP contribution is 2.36. The minimum Gasteiger partial charge on any atom is -0.327 e. The first-order valence-corrected chi connectivity index (χ1v) is 8.01. The summed E-state index contributed by atoms with van der Waals surface area (Å²) in [5.74, 6) is -1.80. The predicted molar refractivity (Wildman–Crippen MR) is 84.4 cm³/mol. The van der Waals surface area contributed by atoms with E-state index in [0.717, 1.165) is 35.3 Å². The monoisotopic (exact) mass is 328 g/mol. The molecule has 0 saturated heterocycles. The second-order valence-corrected chi connectivity index (χ2v) is 6.30. The van der Waals surface area contributed by atoms with E-state index in [1.54, 1.807) is 19.1 Å². The minimum absolute atomic E-state index is 0.0553. The smallest absolute Gasteiger partial charge is 0.327 e. The SMILES string of the molecule is CCCCC(N)Cc1ccc2c(c1)CC(C)N2C(=O)C(F)(F)F. The van der Waals surface area contributed by atoms with E-state index in [2.05, 4.69) is 6.92 Å². The van der Waals surface area contributed by atoms with E-state index < -0.39 is 18.1 Å². The van der Waals surface area contributed by atoms with Gasteiger partial charge >= 0.3 is 12.1 Å². The summed E-state index contributed by atoms with van der Waals surface area (Å²) in [5.41, 5.74) is 8.25. The molecule has 128 valence electrons. The van der Waals surface area contributed by atoms with E-state index in [1.807, 2.05) is 6.07 Å². The van der Waals surface area contributed by atoms with Crippen LogP contribution >= 0.6 is 0 Å². The lowest BCUT2D eigenvalue weighted by atomic mass is 9.99. The first kappa shape index (κ1) is 17.8. The number of halogens is 3. The van der Waals surface area contributed by atoms with Crippen LogP contribution in [0, 0.1) is 0 Å². The van der Waals surface area contributed by atoms with Gasteiger partial charge in [0.1, 0.15) is 0 Å². The number of carbonyl (C=O) groups is 1. The van der Waals surface area contributed by atoms with Crippen LogP contribution in [0.15, 0.2) is 18.2 Å². The van der Waals surface area contributed by atoms with Crippen molar-refractivity contribution in [3.8, 4) is 0 Å². The van der Waals surface area contributed by atoms with E-state index in [0.29, 0.717) is 18.5 Å². The molecule has 2 rings (SSSR count). The van der Waals surface area contributed by atoms with Gasteiger partial charge in [-0.25, -0.2) is 0 Å². The third-order valence-electron chi connectivity index (χ3n) is 4.25. The van der Waals surface area contributed by atoms with Crippen LogP contribution in [-0.4, -0.2) is 24.2 Å². The molecule has 0 aliphatic carbocycles. The molecular formula is C17H23F3N2O. The standard InChI is InChI=1S/C17H23F3N2O/c1-3-4-5-14(21)10-12-6-7-15-13(9-12)8-11(2)22(15)16(23)17(18,19)20/h6-7,9,11,14H,3-5,8,10,21H2,1-2H3. The average molecular weight is 328 g/mol. The fourth-order valence-corrected chi connectivity index (χ4v) is 3.13. The largest absolute Gasteiger partial charge is 0.471 e.